The molecule has 1 fully saturated rings. The van der Waals surface area contributed by atoms with Gasteiger partial charge in [0.25, 0.3) is 5.92 Å². The molecule has 1 saturated heterocycles. The van der Waals surface area contributed by atoms with Crippen molar-refractivity contribution in [1.82, 2.24) is 15.4 Å². The van der Waals surface area contributed by atoms with Crippen LogP contribution < -0.4 is 15.4 Å². The molecule has 1 aromatic rings. The van der Waals surface area contributed by atoms with E-state index in [0.717, 1.165) is 5.56 Å². The van der Waals surface area contributed by atoms with E-state index in [-0.39, 0.29) is 18.8 Å². The Morgan fingerprint density at radius 1 is 1.30 bits per heavy atom. The van der Waals surface area contributed by atoms with Crippen LogP contribution in [0.3, 0.4) is 0 Å². The van der Waals surface area contributed by atoms with Gasteiger partial charge in [0.05, 0.1) is 18.3 Å². The van der Waals surface area contributed by atoms with E-state index < -0.39 is 40.9 Å². The lowest BCUT2D eigenvalue weighted by Gasteiger charge is -2.12. The molecule has 1 amide bonds. The van der Waals surface area contributed by atoms with Crippen LogP contribution in [0.5, 0.6) is 0 Å². The second kappa shape index (κ2) is 7.33. The zero-order valence-electron chi connectivity index (χ0n) is 12.4. The Kier molecular flexibility index (Phi) is 5.66. The van der Waals surface area contributed by atoms with Crippen LogP contribution in [0, 0.1) is 0 Å². The van der Waals surface area contributed by atoms with Gasteiger partial charge in [0, 0.05) is 19.5 Å². The summed E-state index contributed by atoms with van der Waals surface area (Å²) >= 11 is 0. The minimum atomic E-state index is -3.56. The first-order valence-corrected chi connectivity index (χ1v) is 8.83. The van der Waals surface area contributed by atoms with Crippen LogP contribution in [0.25, 0.3) is 0 Å². The second-order valence-electron chi connectivity index (χ2n) is 5.41. The van der Waals surface area contributed by atoms with E-state index in [1.54, 1.807) is 24.3 Å². The Labute approximate surface area is 133 Å². The third-order valence-electron chi connectivity index (χ3n) is 3.44. The molecule has 3 N–H and O–H groups in total. The minimum Gasteiger partial charge on any atom is -0.354 e. The predicted molar refractivity (Wildman–Crippen MR) is 81.4 cm³/mol. The first-order valence-electron chi connectivity index (χ1n) is 7.18. The number of carbonyl (C=O) groups excluding carboxylic acids is 1. The van der Waals surface area contributed by atoms with Crippen LogP contribution >= 0.6 is 0 Å². The fourth-order valence-corrected chi connectivity index (χ4v) is 3.10. The summed E-state index contributed by atoms with van der Waals surface area (Å²) in [5.74, 6) is -3.82. The summed E-state index contributed by atoms with van der Waals surface area (Å²) in [6, 6.07) is 8.02. The van der Waals surface area contributed by atoms with E-state index in [1.807, 2.05) is 6.07 Å². The molecule has 0 spiro atoms. The van der Waals surface area contributed by atoms with Gasteiger partial charge in [-0.15, -0.1) is 0 Å². The number of alkyl halides is 2. The standard InChI is InChI=1S/C14H19F2N3O3S/c15-14(16)8-12(18-10-14)13(20)17-6-7-23(21,22)19-9-11-4-2-1-3-5-11/h1-5,12,18-19H,6-10H2,(H,17,20). The lowest BCUT2D eigenvalue weighted by molar-refractivity contribution is -0.123. The number of carbonyl (C=O) groups is 1. The molecule has 0 aromatic heterocycles. The fourth-order valence-electron chi connectivity index (χ4n) is 2.19. The van der Waals surface area contributed by atoms with E-state index >= 15 is 0 Å². The number of hydrogen-bond acceptors (Lipinski definition) is 4. The minimum absolute atomic E-state index is 0.132. The molecule has 1 aliphatic heterocycles. The van der Waals surface area contributed by atoms with Crippen molar-refractivity contribution >= 4 is 15.9 Å². The van der Waals surface area contributed by atoms with E-state index in [4.69, 9.17) is 0 Å². The number of rotatable bonds is 7. The van der Waals surface area contributed by atoms with Gasteiger partial charge in [0.1, 0.15) is 0 Å². The Hall–Kier alpha value is -1.58. The highest BCUT2D eigenvalue weighted by atomic mass is 32.2. The van der Waals surface area contributed by atoms with E-state index in [1.165, 1.54) is 0 Å². The van der Waals surface area contributed by atoms with Crippen molar-refractivity contribution in [2.24, 2.45) is 0 Å². The van der Waals surface area contributed by atoms with Crippen molar-refractivity contribution in [2.45, 2.75) is 24.9 Å². The van der Waals surface area contributed by atoms with Gasteiger partial charge in [-0.2, -0.15) is 0 Å². The molecular weight excluding hydrogens is 328 g/mol. The van der Waals surface area contributed by atoms with Crippen molar-refractivity contribution < 1.29 is 22.0 Å². The molecule has 128 valence electrons. The first-order chi connectivity index (χ1) is 10.8. The van der Waals surface area contributed by atoms with Crippen molar-refractivity contribution in [3.63, 3.8) is 0 Å². The molecule has 0 bridgehead atoms. The molecule has 0 aliphatic carbocycles. The maximum atomic E-state index is 13.0. The largest absolute Gasteiger partial charge is 0.354 e. The highest BCUT2D eigenvalue weighted by molar-refractivity contribution is 7.89. The van der Waals surface area contributed by atoms with E-state index in [9.17, 15) is 22.0 Å². The molecule has 9 heteroatoms. The van der Waals surface area contributed by atoms with E-state index in [2.05, 4.69) is 15.4 Å². The molecule has 1 aromatic carbocycles. The number of hydrogen-bond donors (Lipinski definition) is 3. The molecular formula is C14H19F2N3O3S. The molecule has 23 heavy (non-hydrogen) atoms. The van der Waals surface area contributed by atoms with Crippen molar-refractivity contribution in [3.05, 3.63) is 35.9 Å². The van der Waals surface area contributed by atoms with Gasteiger partial charge in [-0.3, -0.25) is 10.1 Å². The lowest BCUT2D eigenvalue weighted by atomic mass is 10.2. The Balaban J connectivity index is 1.71. The Morgan fingerprint density at radius 3 is 2.61 bits per heavy atom. The average Bonchev–Trinajstić information content (AvgIpc) is 2.86. The van der Waals surface area contributed by atoms with Crippen LogP contribution in [0.4, 0.5) is 8.78 Å². The van der Waals surface area contributed by atoms with Crippen molar-refractivity contribution in [3.8, 4) is 0 Å². The smallest absolute Gasteiger partial charge is 0.262 e. The number of amides is 1. The summed E-state index contributed by atoms with van der Waals surface area (Å²) in [5, 5.41) is 4.78. The van der Waals surface area contributed by atoms with Gasteiger partial charge < -0.3 is 5.32 Å². The first kappa shape index (κ1) is 17.8. The van der Waals surface area contributed by atoms with Gasteiger partial charge >= 0.3 is 0 Å². The summed E-state index contributed by atoms with van der Waals surface area (Å²) in [6.07, 6.45) is -0.572. The maximum Gasteiger partial charge on any atom is 0.262 e. The molecule has 6 nitrogen and oxygen atoms in total. The topological polar surface area (TPSA) is 87.3 Å². The molecule has 2 rings (SSSR count). The van der Waals surface area contributed by atoms with Crippen LogP contribution in [0.15, 0.2) is 30.3 Å². The van der Waals surface area contributed by atoms with Crippen LogP contribution in [-0.2, 0) is 21.4 Å². The monoisotopic (exact) mass is 347 g/mol. The summed E-state index contributed by atoms with van der Waals surface area (Å²) in [5.41, 5.74) is 0.817. The number of benzene rings is 1. The molecule has 1 aliphatic rings. The molecule has 1 unspecified atom stereocenters. The Bertz CT molecular complexity index is 638. The van der Waals surface area contributed by atoms with Crippen LogP contribution in [0.2, 0.25) is 0 Å². The van der Waals surface area contributed by atoms with Crippen LogP contribution in [-0.4, -0.2) is 45.1 Å². The molecule has 0 radical (unpaired) electrons. The zero-order valence-corrected chi connectivity index (χ0v) is 13.2. The zero-order chi connectivity index (χ0) is 16.9. The van der Waals surface area contributed by atoms with Gasteiger partial charge in [-0.25, -0.2) is 21.9 Å². The maximum absolute atomic E-state index is 13.0. The average molecular weight is 347 g/mol. The summed E-state index contributed by atoms with van der Waals surface area (Å²) in [6.45, 7) is -0.512. The van der Waals surface area contributed by atoms with Gasteiger partial charge in [-0.1, -0.05) is 30.3 Å². The van der Waals surface area contributed by atoms with Crippen molar-refractivity contribution in [1.29, 1.82) is 0 Å². The normalized spacial score (nSPS) is 20.3. The summed E-state index contributed by atoms with van der Waals surface area (Å²) in [7, 11) is -3.56. The predicted octanol–water partition coefficient (Wildman–Crippen LogP) is 0.219. The SMILES string of the molecule is O=C(NCCS(=O)(=O)NCc1ccccc1)C1CC(F)(F)CN1. The lowest BCUT2D eigenvalue weighted by Crippen LogP contribution is -2.43. The third kappa shape index (κ3) is 5.85. The fraction of sp³-hybridized carbons (Fsp3) is 0.500. The van der Waals surface area contributed by atoms with Crippen LogP contribution in [0.1, 0.15) is 12.0 Å². The van der Waals surface area contributed by atoms with Gasteiger partial charge in [-0.05, 0) is 5.56 Å². The van der Waals surface area contributed by atoms with Gasteiger partial charge in [0.15, 0.2) is 0 Å². The summed E-state index contributed by atoms with van der Waals surface area (Å²) < 4.78 is 52.0. The van der Waals surface area contributed by atoms with Gasteiger partial charge in [0.2, 0.25) is 15.9 Å². The summed E-state index contributed by atoms with van der Waals surface area (Å²) in [4.78, 5) is 11.7. The quantitative estimate of drug-likeness (QED) is 0.658. The Morgan fingerprint density at radius 2 is 2.00 bits per heavy atom. The number of nitrogens with one attached hydrogen (secondary N) is 3. The molecule has 1 heterocycles. The van der Waals surface area contributed by atoms with E-state index in [0.29, 0.717) is 0 Å². The number of sulfonamides is 1. The highest BCUT2D eigenvalue weighted by Gasteiger charge is 2.42. The van der Waals surface area contributed by atoms with Crippen molar-refractivity contribution in [2.75, 3.05) is 18.8 Å². The third-order valence-corrected chi connectivity index (χ3v) is 4.76. The second-order valence-corrected chi connectivity index (χ2v) is 7.34. The highest BCUT2D eigenvalue weighted by Crippen LogP contribution is 2.24. The molecule has 1 atom stereocenters. The number of halogens is 2. The molecule has 0 saturated carbocycles.